The molecule has 1 aromatic rings. The molecule has 1 aromatic carbocycles. The van der Waals surface area contributed by atoms with E-state index in [-0.39, 0.29) is 19.1 Å². The fourth-order valence-corrected chi connectivity index (χ4v) is 7.18. The van der Waals surface area contributed by atoms with Crippen LogP contribution in [0.25, 0.3) is 0 Å². The first-order valence-corrected chi connectivity index (χ1v) is 15.3. The average molecular weight is 586 g/mol. The van der Waals surface area contributed by atoms with Crippen molar-refractivity contribution in [2.45, 2.75) is 100 Å². The molecule has 4 atom stereocenters. The van der Waals surface area contributed by atoms with Crippen molar-refractivity contribution in [2.24, 2.45) is 5.92 Å². The lowest BCUT2D eigenvalue weighted by atomic mass is 9.77. The Kier molecular flexibility index (Phi) is 7.68. The van der Waals surface area contributed by atoms with Crippen molar-refractivity contribution in [1.29, 1.82) is 0 Å². The van der Waals surface area contributed by atoms with Gasteiger partial charge in [-0.15, -0.1) is 0 Å². The highest BCUT2D eigenvalue weighted by Gasteiger charge is 2.59. The highest BCUT2D eigenvalue weighted by Crippen LogP contribution is 2.55. The number of ether oxygens (including phenoxy) is 5. The maximum Gasteiger partial charge on any atom is 0.339 e. The quantitative estimate of drug-likeness (QED) is 0.374. The van der Waals surface area contributed by atoms with Crippen LogP contribution in [0.3, 0.4) is 0 Å². The van der Waals surface area contributed by atoms with Gasteiger partial charge in [0.15, 0.2) is 23.2 Å². The second-order valence-corrected chi connectivity index (χ2v) is 13.3. The molecule has 0 aromatic heterocycles. The molecule has 6 rings (SSSR count). The van der Waals surface area contributed by atoms with Gasteiger partial charge in [-0.1, -0.05) is 0 Å². The number of carbonyl (C=O) groups is 2. The summed E-state index contributed by atoms with van der Waals surface area (Å²) in [5.41, 5.74) is -1.40. The first-order valence-electron chi connectivity index (χ1n) is 15.3. The largest absolute Gasteiger partial charge is 0.497 e. The van der Waals surface area contributed by atoms with Crippen molar-refractivity contribution >= 4 is 11.9 Å². The van der Waals surface area contributed by atoms with E-state index >= 15 is 0 Å². The molecule has 2 fully saturated rings. The van der Waals surface area contributed by atoms with E-state index in [2.05, 4.69) is 11.0 Å². The molecule has 0 bridgehead atoms. The molecule has 1 saturated carbocycles. The Balaban J connectivity index is 1.31. The molecule has 10 nitrogen and oxygen atoms in total. The van der Waals surface area contributed by atoms with Crippen molar-refractivity contribution in [1.82, 2.24) is 4.90 Å². The molecule has 2 unspecified atom stereocenters. The first-order chi connectivity index (χ1) is 20.0. The number of fused-ring (bicyclic) bond motifs is 3. The number of methoxy groups -OCH3 is 1. The minimum Gasteiger partial charge on any atom is -0.497 e. The predicted molar refractivity (Wildman–Crippen MR) is 151 cm³/mol. The number of nitrogens with zero attached hydrogens (tertiary/aromatic N) is 1. The summed E-state index contributed by atoms with van der Waals surface area (Å²) in [6.45, 7) is 5.55. The maximum absolute atomic E-state index is 14.0. The van der Waals surface area contributed by atoms with Gasteiger partial charge in [0.25, 0.3) is 0 Å². The number of aliphatic hydroxyl groups is 2. The Morgan fingerprint density at radius 1 is 1.12 bits per heavy atom. The zero-order valence-electron chi connectivity index (χ0n) is 24.9. The lowest BCUT2D eigenvalue weighted by Gasteiger charge is -2.39. The molecule has 2 N–H and O–H groups in total. The summed E-state index contributed by atoms with van der Waals surface area (Å²) in [4.78, 5) is 29.2. The van der Waals surface area contributed by atoms with Gasteiger partial charge in [-0.3, -0.25) is 9.69 Å². The molecule has 3 heterocycles. The van der Waals surface area contributed by atoms with Gasteiger partial charge in [0.1, 0.15) is 5.76 Å². The van der Waals surface area contributed by atoms with Gasteiger partial charge in [-0.05, 0) is 107 Å². The number of carbonyl (C=O) groups excluding carboxylic acids is 2. The van der Waals surface area contributed by atoms with Gasteiger partial charge in [-0.25, -0.2) is 4.79 Å². The summed E-state index contributed by atoms with van der Waals surface area (Å²) in [7, 11) is 1.57. The third kappa shape index (κ3) is 5.61. The Hall–Kier alpha value is -2.82. The van der Waals surface area contributed by atoms with Crippen molar-refractivity contribution in [3.05, 3.63) is 35.1 Å². The van der Waals surface area contributed by atoms with Crippen LogP contribution in [0.2, 0.25) is 0 Å². The zero-order valence-corrected chi connectivity index (χ0v) is 24.9. The Morgan fingerprint density at radius 3 is 2.60 bits per heavy atom. The summed E-state index contributed by atoms with van der Waals surface area (Å²) in [6.07, 6.45) is 6.09. The van der Waals surface area contributed by atoms with Crippen molar-refractivity contribution in [3.63, 3.8) is 0 Å². The molecule has 0 amide bonds. The number of esters is 2. The highest BCUT2D eigenvalue weighted by molar-refractivity contribution is 5.86. The van der Waals surface area contributed by atoms with Crippen LogP contribution < -0.4 is 9.47 Å². The Labute approximate surface area is 246 Å². The van der Waals surface area contributed by atoms with Crippen LogP contribution in [-0.2, 0) is 30.2 Å². The van der Waals surface area contributed by atoms with E-state index in [0.29, 0.717) is 42.6 Å². The van der Waals surface area contributed by atoms with Gasteiger partial charge < -0.3 is 33.9 Å². The summed E-state index contributed by atoms with van der Waals surface area (Å²) in [5, 5.41) is 22.0. The van der Waals surface area contributed by atoms with Crippen LogP contribution in [-0.4, -0.2) is 83.5 Å². The van der Waals surface area contributed by atoms with Crippen LogP contribution in [0.4, 0.5) is 0 Å². The fraction of sp³-hybridized carbons (Fsp3) is 0.688. The minimum atomic E-state index is -2.11. The number of rotatable bonds is 11. The van der Waals surface area contributed by atoms with Crippen LogP contribution in [0.15, 0.2) is 24.0 Å². The Bertz CT molecular complexity index is 1250. The summed E-state index contributed by atoms with van der Waals surface area (Å²) in [6, 6.07) is 4.03. The molecule has 2 aliphatic carbocycles. The summed E-state index contributed by atoms with van der Waals surface area (Å²) < 4.78 is 28.9. The monoisotopic (exact) mass is 585 g/mol. The molecule has 1 saturated heterocycles. The molecule has 230 valence electrons. The van der Waals surface area contributed by atoms with Crippen LogP contribution in [0, 0.1) is 5.92 Å². The maximum atomic E-state index is 14.0. The van der Waals surface area contributed by atoms with Crippen molar-refractivity contribution < 1.29 is 43.5 Å². The lowest BCUT2D eigenvalue weighted by Crippen LogP contribution is -2.49. The van der Waals surface area contributed by atoms with Gasteiger partial charge in [0.05, 0.1) is 37.2 Å². The average Bonchev–Trinajstić information content (AvgIpc) is 3.41. The van der Waals surface area contributed by atoms with Crippen LogP contribution in [0.5, 0.6) is 11.5 Å². The highest BCUT2D eigenvalue weighted by atomic mass is 16.7. The topological polar surface area (TPSA) is 124 Å². The van der Waals surface area contributed by atoms with E-state index < -0.39 is 41.2 Å². The van der Waals surface area contributed by atoms with Crippen molar-refractivity contribution in [3.8, 4) is 11.5 Å². The molecular formula is C32H43NO9. The fourth-order valence-electron chi connectivity index (χ4n) is 7.18. The molecule has 0 radical (unpaired) electrons. The van der Waals surface area contributed by atoms with E-state index in [1.165, 1.54) is 0 Å². The number of hydrogen-bond acceptors (Lipinski definition) is 10. The van der Waals surface area contributed by atoms with Gasteiger partial charge in [0.2, 0.25) is 6.79 Å². The molecule has 42 heavy (non-hydrogen) atoms. The summed E-state index contributed by atoms with van der Waals surface area (Å²) in [5.74, 6) is 0.435. The van der Waals surface area contributed by atoms with Gasteiger partial charge in [-0.2, -0.15) is 0 Å². The van der Waals surface area contributed by atoms with Gasteiger partial charge in [0, 0.05) is 6.54 Å². The molecule has 3 aliphatic heterocycles. The van der Waals surface area contributed by atoms with Crippen LogP contribution in [0.1, 0.15) is 82.3 Å². The lowest BCUT2D eigenvalue weighted by molar-refractivity contribution is -0.179. The third-order valence-corrected chi connectivity index (χ3v) is 9.57. The number of hydrogen-bond donors (Lipinski definition) is 2. The molecule has 10 heteroatoms. The predicted octanol–water partition coefficient (Wildman–Crippen LogP) is 3.36. The second kappa shape index (κ2) is 11.0. The third-order valence-electron chi connectivity index (χ3n) is 9.57. The minimum absolute atomic E-state index is 0.0513. The van der Waals surface area contributed by atoms with E-state index in [0.717, 1.165) is 56.3 Å². The van der Waals surface area contributed by atoms with E-state index in [9.17, 15) is 19.8 Å². The van der Waals surface area contributed by atoms with E-state index in [1.54, 1.807) is 21.0 Å². The molecular weight excluding hydrogens is 542 g/mol. The normalized spacial score (nSPS) is 27.7. The molecule has 1 spiro atoms. The van der Waals surface area contributed by atoms with E-state index in [1.807, 2.05) is 12.1 Å². The second-order valence-electron chi connectivity index (χ2n) is 13.3. The SMILES string of the molecule is COC1=CC23CCCN2CCc2cc4c(cc2[C@@H]3C1OC(=O)[C@@](O)(CCCC(C)(C)O)CC(=O)OCC1CC1)OCO4. The Morgan fingerprint density at radius 2 is 1.88 bits per heavy atom. The number of benzene rings is 1. The van der Waals surface area contributed by atoms with Gasteiger partial charge >= 0.3 is 11.9 Å². The van der Waals surface area contributed by atoms with Crippen molar-refractivity contribution in [2.75, 3.05) is 33.6 Å². The summed E-state index contributed by atoms with van der Waals surface area (Å²) >= 11 is 0. The van der Waals surface area contributed by atoms with E-state index in [4.69, 9.17) is 23.7 Å². The zero-order chi connectivity index (χ0) is 29.7. The first kappa shape index (κ1) is 29.3. The smallest absolute Gasteiger partial charge is 0.339 e. The van der Waals surface area contributed by atoms with Crippen LogP contribution >= 0.6 is 0 Å². The standard InChI is InChI=1S/C32H43NO9/c1-30(2,36)9-4-11-32(37,17-26(34)39-18-20-6-7-20)29(35)42-28-25(38-3)16-31-10-5-12-33(31)13-8-21-14-23-24(41-19-40-23)15-22(21)27(28)31/h14-16,20,27-28,36-37H,4-13,17-19H2,1-3H3/t27-,28?,31?,32-/m1/s1. The molecule has 5 aliphatic rings.